The number of rotatable bonds is 3. The Bertz CT molecular complexity index is 710. The lowest BCUT2D eigenvalue weighted by Gasteiger charge is -2.38. The van der Waals surface area contributed by atoms with Crippen molar-refractivity contribution in [1.82, 2.24) is 25.0 Å². The van der Waals surface area contributed by atoms with E-state index in [1.165, 1.54) is 0 Å². The molecule has 1 aliphatic heterocycles. The Labute approximate surface area is 170 Å². The van der Waals surface area contributed by atoms with Crippen LogP contribution < -0.4 is 10.2 Å². The molecule has 0 unspecified atom stereocenters. The van der Waals surface area contributed by atoms with Crippen molar-refractivity contribution in [2.24, 2.45) is 12.0 Å². The quantitative estimate of drug-likeness (QED) is 0.418. The van der Waals surface area contributed by atoms with Gasteiger partial charge >= 0.3 is 0 Å². The molecule has 0 atom stereocenters. The Morgan fingerprint density at radius 2 is 1.96 bits per heavy atom. The molecule has 0 aliphatic carbocycles. The topological polar surface area (TPSA) is 61.6 Å². The number of aromatic nitrogens is 3. The van der Waals surface area contributed by atoms with Gasteiger partial charge < -0.3 is 19.7 Å². The minimum atomic E-state index is 0. The van der Waals surface area contributed by atoms with Crippen LogP contribution in [-0.2, 0) is 13.6 Å². The normalized spacial score (nSPS) is 15.1. The maximum atomic E-state index is 6.30. The van der Waals surface area contributed by atoms with Crippen LogP contribution in [0.15, 0.2) is 35.6 Å². The van der Waals surface area contributed by atoms with Crippen molar-refractivity contribution < 1.29 is 0 Å². The maximum absolute atomic E-state index is 6.30. The highest BCUT2D eigenvalue weighted by molar-refractivity contribution is 14.0. The first-order chi connectivity index (χ1) is 11.7. The summed E-state index contributed by atoms with van der Waals surface area (Å²) in [7, 11) is 3.74. The number of halogens is 2. The number of aryl methyl sites for hydroxylation is 1. The first-order valence-electron chi connectivity index (χ1n) is 7.97. The van der Waals surface area contributed by atoms with Gasteiger partial charge in [0.2, 0.25) is 0 Å². The average Bonchev–Trinajstić information content (AvgIpc) is 3.02. The van der Waals surface area contributed by atoms with Crippen molar-refractivity contribution in [3.8, 4) is 0 Å². The Hall–Kier alpha value is -1.55. The van der Waals surface area contributed by atoms with Gasteiger partial charge in [-0.1, -0.05) is 23.7 Å². The summed E-state index contributed by atoms with van der Waals surface area (Å²) in [5.41, 5.74) is 1.10. The molecule has 0 radical (unpaired) electrons. The highest BCUT2D eigenvalue weighted by Gasteiger charge is 2.21. The van der Waals surface area contributed by atoms with Crippen molar-refractivity contribution in [2.45, 2.75) is 6.54 Å². The summed E-state index contributed by atoms with van der Waals surface area (Å²) in [6.45, 7) is 4.21. The number of piperazine rings is 1. The van der Waals surface area contributed by atoms with E-state index in [1.54, 1.807) is 13.4 Å². The van der Waals surface area contributed by atoms with E-state index in [4.69, 9.17) is 11.6 Å². The highest BCUT2D eigenvalue weighted by Crippen LogP contribution is 2.25. The van der Waals surface area contributed by atoms with E-state index in [9.17, 15) is 0 Å². The molecule has 1 N–H and O–H groups in total. The van der Waals surface area contributed by atoms with E-state index >= 15 is 0 Å². The summed E-state index contributed by atoms with van der Waals surface area (Å²) in [6.07, 6.45) is 1.70. The fourth-order valence-corrected chi connectivity index (χ4v) is 3.08. The van der Waals surface area contributed by atoms with E-state index < -0.39 is 0 Å². The summed E-state index contributed by atoms with van der Waals surface area (Å²) >= 11 is 6.30. The largest absolute Gasteiger partial charge is 0.367 e. The molecule has 7 nitrogen and oxygen atoms in total. The molecule has 2 aromatic rings. The number of benzene rings is 1. The van der Waals surface area contributed by atoms with Gasteiger partial charge in [-0.15, -0.1) is 34.2 Å². The van der Waals surface area contributed by atoms with Crippen LogP contribution in [0.4, 0.5) is 5.69 Å². The number of aliphatic imine (C=N–C) groups is 1. The van der Waals surface area contributed by atoms with Gasteiger partial charge in [-0.25, -0.2) is 0 Å². The molecule has 9 heteroatoms. The third kappa shape index (κ3) is 4.75. The van der Waals surface area contributed by atoms with Crippen LogP contribution in [0.25, 0.3) is 0 Å². The second-order valence-electron chi connectivity index (χ2n) is 5.68. The molecule has 1 saturated heterocycles. The highest BCUT2D eigenvalue weighted by atomic mass is 127. The third-order valence-electron chi connectivity index (χ3n) is 4.19. The molecule has 1 aliphatic rings. The lowest BCUT2D eigenvalue weighted by molar-refractivity contribution is 0.372. The smallest absolute Gasteiger partial charge is 0.194 e. The van der Waals surface area contributed by atoms with E-state index in [0.717, 1.165) is 48.7 Å². The summed E-state index contributed by atoms with van der Waals surface area (Å²) in [6, 6.07) is 7.99. The first kappa shape index (κ1) is 19.8. The molecule has 1 aromatic carbocycles. The van der Waals surface area contributed by atoms with Crippen molar-refractivity contribution in [2.75, 3.05) is 38.1 Å². The number of guanidine groups is 1. The second kappa shape index (κ2) is 9.23. The van der Waals surface area contributed by atoms with E-state index in [-0.39, 0.29) is 24.0 Å². The van der Waals surface area contributed by atoms with Crippen molar-refractivity contribution >= 4 is 47.2 Å². The molecular formula is C16H23ClIN7. The monoisotopic (exact) mass is 475 g/mol. The molecule has 1 fully saturated rings. The predicted molar refractivity (Wildman–Crippen MR) is 112 cm³/mol. The standard InChI is InChI=1S/C16H22ClN7.HI/c1-18-16(19-11-15-21-20-12-22(15)2)24-9-7-23(8-10-24)14-6-4-3-5-13(14)17;/h3-6,12H,7-11H2,1-2H3,(H,18,19);1H. The van der Waals surface area contributed by atoms with Crippen LogP contribution in [0.5, 0.6) is 0 Å². The summed E-state index contributed by atoms with van der Waals surface area (Å²) in [5.74, 6) is 1.77. The van der Waals surface area contributed by atoms with Gasteiger partial charge in [0.05, 0.1) is 17.3 Å². The van der Waals surface area contributed by atoms with Gasteiger partial charge in [-0.3, -0.25) is 4.99 Å². The molecule has 0 saturated carbocycles. The molecule has 0 spiro atoms. The molecule has 0 amide bonds. The minimum Gasteiger partial charge on any atom is -0.367 e. The van der Waals surface area contributed by atoms with Crippen LogP contribution in [0.1, 0.15) is 5.82 Å². The van der Waals surface area contributed by atoms with Crippen molar-refractivity contribution in [1.29, 1.82) is 0 Å². The van der Waals surface area contributed by atoms with Gasteiger partial charge in [0.1, 0.15) is 6.33 Å². The molecule has 2 heterocycles. The van der Waals surface area contributed by atoms with Crippen LogP contribution in [0.3, 0.4) is 0 Å². The summed E-state index contributed by atoms with van der Waals surface area (Å²) < 4.78 is 1.90. The zero-order valence-electron chi connectivity index (χ0n) is 14.4. The molecule has 25 heavy (non-hydrogen) atoms. The Morgan fingerprint density at radius 1 is 1.24 bits per heavy atom. The minimum absolute atomic E-state index is 0. The zero-order valence-corrected chi connectivity index (χ0v) is 17.5. The Balaban J connectivity index is 0.00000225. The first-order valence-corrected chi connectivity index (χ1v) is 8.35. The number of nitrogens with zero attached hydrogens (tertiary/aromatic N) is 6. The fraction of sp³-hybridized carbons (Fsp3) is 0.438. The number of hydrogen-bond acceptors (Lipinski definition) is 4. The van der Waals surface area contributed by atoms with E-state index in [1.807, 2.05) is 29.8 Å². The molecule has 3 rings (SSSR count). The van der Waals surface area contributed by atoms with E-state index in [0.29, 0.717) is 6.54 Å². The van der Waals surface area contributed by atoms with Crippen LogP contribution in [0.2, 0.25) is 5.02 Å². The van der Waals surface area contributed by atoms with Crippen LogP contribution in [0, 0.1) is 0 Å². The zero-order chi connectivity index (χ0) is 16.9. The molecule has 0 bridgehead atoms. The lowest BCUT2D eigenvalue weighted by Crippen LogP contribution is -2.52. The van der Waals surface area contributed by atoms with Crippen molar-refractivity contribution in [3.63, 3.8) is 0 Å². The third-order valence-corrected chi connectivity index (χ3v) is 4.51. The molecular weight excluding hydrogens is 453 g/mol. The number of para-hydroxylation sites is 1. The Kier molecular flexibility index (Phi) is 7.30. The number of anilines is 1. The van der Waals surface area contributed by atoms with Gasteiger partial charge in [0.15, 0.2) is 11.8 Å². The molecule has 1 aromatic heterocycles. The maximum Gasteiger partial charge on any atom is 0.194 e. The lowest BCUT2D eigenvalue weighted by atomic mass is 10.2. The van der Waals surface area contributed by atoms with Gasteiger partial charge in [0.25, 0.3) is 0 Å². The summed E-state index contributed by atoms with van der Waals surface area (Å²) in [4.78, 5) is 8.95. The second-order valence-corrected chi connectivity index (χ2v) is 6.09. The SMILES string of the molecule is CN=C(NCc1nncn1C)N1CCN(c2ccccc2Cl)CC1.I. The Morgan fingerprint density at radius 3 is 2.56 bits per heavy atom. The number of nitrogens with one attached hydrogen (secondary N) is 1. The van der Waals surface area contributed by atoms with Gasteiger partial charge in [0, 0.05) is 40.3 Å². The molecule has 136 valence electrons. The van der Waals surface area contributed by atoms with Crippen LogP contribution >= 0.6 is 35.6 Å². The van der Waals surface area contributed by atoms with E-state index in [2.05, 4.69) is 36.4 Å². The van der Waals surface area contributed by atoms with Gasteiger partial charge in [-0.2, -0.15) is 0 Å². The van der Waals surface area contributed by atoms with Crippen molar-refractivity contribution in [3.05, 3.63) is 41.4 Å². The van der Waals surface area contributed by atoms with Gasteiger partial charge in [-0.05, 0) is 12.1 Å². The number of hydrogen-bond donors (Lipinski definition) is 1. The predicted octanol–water partition coefficient (Wildman–Crippen LogP) is 1.98. The van der Waals surface area contributed by atoms with Crippen LogP contribution in [-0.4, -0.2) is 58.9 Å². The summed E-state index contributed by atoms with van der Waals surface area (Å²) in [5, 5.41) is 12.1. The average molecular weight is 476 g/mol. The fourth-order valence-electron chi connectivity index (χ4n) is 2.82.